The summed E-state index contributed by atoms with van der Waals surface area (Å²) in [5.74, 6) is -3.07. The Kier molecular flexibility index (Phi) is 8.16. The van der Waals surface area contributed by atoms with Gasteiger partial charge in [0.1, 0.15) is 11.8 Å². The number of hydrogen-bond donors (Lipinski definition) is 3. The summed E-state index contributed by atoms with van der Waals surface area (Å²) in [5.41, 5.74) is -0.108. The first kappa shape index (κ1) is 23.6. The molecule has 1 aliphatic rings. The fourth-order valence-corrected chi connectivity index (χ4v) is 3.09. The molecule has 0 aliphatic carbocycles. The number of alkyl halides is 2. The molecular weight excluding hydrogens is 421 g/mol. The summed E-state index contributed by atoms with van der Waals surface area (Å²) in [6, 6.07) is 0.366. The van der Waals surface area contributed by atoms with Crippen LogP contribution in [0.1, 0.15) is 42.9 Å². The molecule has 1 saturated heterocycles. The average molecular weight is 446 g/mol. The number of carbonyl (C=O) groups is 4. The van der Waals surface area contributed by atoms with E-state index in [2.05, 4.69) is 21.2 Å². The third-order valence-electron chi connectivity index (χ3n) is 4.45. The molecule has 1 fully saturated rings. The molecule has 12 heteroatoms. The Morgan fingerprint density at radius 2 is 2.13 bits per heavy atom. The number of halogens is 2. The lowest BCUT2D eigenvalue weighted by Gasteiger charge is -2.28. The van der Waals surface area contributed by atoms with Gasteiger partial charge in [0, 0.05) is 12.6 Å². The highest BCUT2D eigenvalue weighted by Gasteiger charge is 2.33. The van der Waals surface area contributed by atoms with E-state index in [9.17, 15) is 23.6 Å². The van der Waals surface area contributed by atoms with Crippen LogP contribution in [0, 0.1) is 18.8 Å². The molecule has 3 N–H and O–H groups in total. The Hall–Kier alpha value is -2.69. The molecule has 1 aliphatic heterocycles. The number of amides is 4. The van der Waals surface area contributed by atoms with Gasteiger partial charge in [0.25, 0.3) is 23.4 Å². The van der Waals surface area contributed by atoms with Crippen molar-refractivity contribution >= 4 is 35.2 Å². The molecular formula is C18H25ClFN5O5. The highest BCUT2D eigenvalue weighted by Crippen LogP contribution is 2.14. The van der Waals surface area contributed by atoms with Gasteiger partial charge in [-0.2, -0.15) is 0 Å². The van der Waals surface area contributed by atoms with Gasteiger partial charge in [0.15, 0.2) is 5.69 Å². The van der Waals surface area contributed by atoms with Crippen LogP contribution < -0.4 is 16.1 Å². The molecule has 0 radical (unpaired) electrons. The first-order valence-corrected chi connectivity index (χ1v) is 9.94. The minimum atomic E-state index is -2.40. The van der Waals surface area contributed by atoms with Crippen molar-refractivity contribution in [2.45, 2.75) is 45.3 Å². The molecule has 30 heavy (non-hydrogen) atoms. The topological polar surface area (TPSA) is 134 Å². The van der Waals surface area contributed by atoms with Crippen LogP contribution in [0.2, 0.25) is 0 Å². The number of aryl methyl sites for hydroxylation is 1. The molecule has 0 spiro atoms. The van der Waals surface area contributed by atoms with Gasteiger partial charge in [-0.1, -0.05) is 30.6 Å². The summed E-state index contributed by atoms with van der Waals surface area (Å²) in [7, 11) is 0. The minimum absolute atomic E-state index is 0.00537. The molecule has 166 valence electrons. The zero-order chi connectivity index (χ0) is 22.4. The first-order valence-electron chi connectivity index (χ1n) is 9.50. The van der Waals surface area contributed by atoms with Crippen LogP contribution in [0.5, 0.6) is 0 Å². The van der Waals surface area contributed by atoms with Gasteiger partial charge in [-0.15, -0.1) is 0 Å². The number of carbonyl (C=O) groups excluding carboxylic acids is 4. The van der Waals surface area contributed by atoms with Crippen molar-refractivity contribution in [1.29, 1.82) is 0 Å². The van der Waals surface area contributed by atoms with E-state index in [1.54, 1.807) is 6.92 Å². The standard InChI is InChI=1S/C18H25ClFN5O5/c1-9(2)6-12(22-16(27)13-7-10(3)30-24-13)17(28)23-25(18(29)14(19)20)8-11-4-5-21-15(11)26/h7,9,11-12,14H,4-6,8H2,1-3H3,(H,21,26)(H,22,27)(H,23,28)/t11-,12+,14-/m1/s1. The first-order chi connectivity index (χ1) is 14.1. The Morgan fingerprint density at radius 3 is 2.63 bits per heavy atom. The average Bonchev–Trinajstić information content (AvgIpc) is 3.27. The summed E-state index contributed by atoms with van der Waals surface area (Å²) >= 11 is 5.26. The molecule has 0 saturated carbocycles. The lowest BCUT2D eigenvalue weighted by Crippen LogP contribution is -2.57. The second-order valence-electron chi connectivity index (χ2n) is 7.48. The van der Waals surface area contributed by atoms with Crippen molar-refractivity contribution in [3.05, 3.63) is 17.5 Å². The number of hydrazine groups is 1. The van der Waals surface area contributed by atoms with Gasteiger partial charge >= 0.3 is 0 Å². The zero-order valence-electron chi connectivity index (χ0n) is 16.9. The van der Waals surface area contributed by atoms with Crippen molar-refractivity contribution in [2.75, 3.05) is 13.1 Å². The van der Waals surface area contributed by atoms with Crippen LogP contribution in [0.15, 0.2) is 10.6 Å². The normalized spacial score (nSPS) is 17.9. The number of hydrogen-bond acceptors (Lipinski definition) is 6. The van der Waals surface area contributed by atoms with E-state index < -0.39 is 35.3 Å². The maximum absolute atomic E-state index is 13.4. The summed E-state index contributed by atoms with van der Waals surface area (Å²) in [4.78, 5) is 49.1. The smallest absolute Gasteiger partial charge is 0.291 e. The predicted molar refractivity (Wildman–Crippen MR) is 104 cm³/mol. The van der Waals surface area contributed by atoms with Crippen LogP contribution in [-0.4, -0.2) is 58.6 Å². The number of nitrogens with one attached hydrogen (secondary N) is 3. The maximum atomic E-state index is 13.4. The van der Waals surface area contributed by atoms with Gasteiger partial charge in [-0.3, -0.25) is 24.6 Å². The largest absolute Gasteiger partial charge is 0.361 e. The number of nitrogens with zero attached hydrogens (tertiary/aromatic N) is 2. The van der Waals surface area contributed by atoms with E-state index in [0.29, 0.717) is 23.7 Å². The lowest BCUT2D eigenvalue weighted by molar-refractivity contribution is -0.145. The molecule has 0 unspecified atom stereocenters. The SMILES string of the molecule is Cc1cc(C(=O)N[C@@H](CC(C)C)C(=O)NN(C[C@H]2CCNC2=O)C(=O)[C@@H](F)Cl)no1. The highest BCUT2D eigenvalue weighted by atomic mass is 35.5. The molecule has 2 rings (SSSR count). The Balaban J connectivity index is 2.13. The molecule has 10 nitrogen and oxygen atoms in total. The fourth-order valence-electron chi connectivity index (χ4n) is 2.97. The summed E-state index contributed by atoms with van der Waals surface area (Å²) in [6.07, 6.45) is 0.662. The van der Waals surface area contributed by atoms with E-state index in [1.165, 1.54) is 6.07 Å². The molecule has 0 aromatic carbocycles. The summed E-state index contributed by atoms with van der Waals surface area (Å²) in [6.45, 7) is 5.48. The van der Waals surface area contributed by atoms with Crippen LogP contribution in [-0.2, 0) is 14.4 Å². The highest BCUT2D eigenvalue weighted by molar-refractivity contribution is 6.29. The quantitative estimate of drug-likeness (QED) is 0.397. The van der Waals surface area contributed by atoms with E-state index in [0.717, 1.165) is 0 Å². The van der Waals surface area contributed by atoms with Gasteiger partial charge in [0.2, 0.25) is 5.91 Å². The fraction of sp³-hybridized carbons (Fsp3) is 0.611. The third-order valence-corrected chi connectivity index (χ3v) is 4.64. The van der Waals surface area contributed by atoms with Crippen molar-refractivity contribution in [3.8, 4) is 0 Å². The van der Waals surface area contributed by atoms with Crippen molar-refractivity contribution < 1.29 is 28.1 Å². The van der Waals surface area contributed by atoms with Crippen molar-refractivity contribution in [3.63, 3.8) is 0 Å². The molecule has 1 aromatic heterocycles. The predicted octanol–water partition coefficient (Wildman–Crippen LogP) is 0.658. The van der Waals surface area contributed by atoms with Gasteiger partial charge in [-0.05, 0) is 25.7 Å². The Bertz CT molecular complexity index is 800. The van der Waals surface area contributed by atoms with Gasteiger partial charge in [-0.25, -0.2) is 9.40 Å². The molecule has 1 aromatic rings. The van der Waals surface area contributed by atoms with E-state index in [1.807, 2.05) is 13.8 Å². The van der Waals surface area contributed by atoms with E-state index in [-0.39, 0.29) is 30.5 Å². The number of aromatic nitrogens is 1. The monoisotopic (exact) mass is 445 g/mol. The Labute approximate surface area is 177 Å². The third kappa shape index (κ3) is 6.41. The van der Waals surface area contributed by atoms with Crippen molar-refractivity contribution in [1.82, 2.24) is 26.2 Å². The second kappa shape index (κ2) is 10.4. The number of rotatable bonds is 8. The zero-order valence-corrected chi connectivity index (χ0v) is 17.7. The van der Waals surface area contributed by atoms with Crippen LogP contribution in [0.4, 0.5) is 4.39 Å². The molecule has 0 bridgehead atoms. The van der Waals surface area contributed by atoms with Crippen LogP contribution >= 0.6 is 11.6 Å². The maximum Gasteiger partial charge on any atom is 0.291 e. The minimum Gasteiger partial charge on any atom is -0.361 e. The van der Waals surface area contributed by atoms with Crippen LogP contribution in [0.3, 0.4) is 0 Å². The lowest BCUT2D eigenvalue weighted by atomic mass is 10.0. The van der Waals surface area contributed by atoms with Gasteiger partial charge in [0.05, 0.1) is 12.5 Å². The summed E-state index contributed by atoms with van der Waals surface area (Å²) in [5, 5.41) is 9.43. The second-order valence-corrected chi connectivity index (χ2v) is 7.86. The molecule has 3 atom stereocenters. The molecule has 2 heterocycles. The van der Waals surface area contributed by atoms with Crippen LogP contribution in [0.25, 0.3) is 0 Å². The van der Waals surface area contributed by atoms with E-state index >= 15 is 0 Å². The summed E-state index contributed by atoms with van der Waals surface area (Å²) < 4.78 is 18.3. The van der Waals surface area contributed by atoms with E-state index in [4.69, 9.17) is 16.1 Å². The van der Waals surface area contributed by atoms with Crippen molar-refractivity contribution in [2.24, 2.45) is 11.8 Å². The molecule has 4 amide bonds. The van der Waals surface area contributed by atoms with Gasteiger partial charge < -0.3 is 15.2 Å². The Morgan fingerprint density at radius 1 is 1.43 bits per heavy atom.